The quantitative estimate of drug-likeness (QED) is 0.375. The van der Waals surface area contributed by atoms with Gasteiger partial charge in [-0.3, -0.25) is 0 Å². The van der Waals surface area contributed by atoms with E-state index in [-0.39, 0.29) is 35.0 Å². The third kappa shape index (κ3) is 3.82. The largest absolute Gasteiger partial charge is 0.523 e. The molecule has 11 heteroatoms. The molecule has 0 atom stereocenters. The molecule has 0 unspecified atom stereocenters. The Morgan fingerprint density at radius 1 is 0.821 bits per heavy atom. The number of nitrogens with zero attached hydrogens (tertiary/aromatic N) is 8. The van der Waals surface area contributed by atoms with Gasteiger partial charge in [-0.25, -0.2) is 19.9 Å². The number of benzene rings is 1. The Morgan fingerprint density at radius 2 is 1.28 bits per heavy atom. The second-order valence-electron chi connectivity index (χ2n) is 8.67. The molecule has 0 amide bonds. The molecule has 0 saturated heterocycles. The van der Waals surface area contributed by atoms with Gasteiger partial charge in [-0.1, -0.05) is 0 Å². The fraction of sp³-hybridized carbons (Fsp3) is 0.143. The number of nitriles is 2. The van der Waals surface area contributed by atoms with E-state index in [4.69, 9.17) is 13.1 Å². The van der Waals surface area contributed by atoms with Crippen LogP contribution in [0.2, 0.25) is 0 Å². The molecule has 2 heterocycles. The van der Waals surface area contributed by atoms with Crippen molar-refractivity contribution in [3.8, 4) is 34.4 Å². The van der Waals surface area contributed by atoms with Gasteiger partial charge in [0.05, 0.1) is 11.1 Å². The highest BCUT2D eigenvalue weighted by Crippen LogP contribution is 2.43. The van der Waals surface area contributed by atoms with Gasteiger partial charge < -0.3 is 0 Å². The van der Waals surface area contributed by atoms with E-state index in [2.05, 4.69) is 29.6 Å². The predicted molar refractivity (Wildman–Crippen MR) is 132 cm³/mol. The summed E-state index contributed by atoms with van der Waals surface area (Å²) >= 11 is 0. The zero-order valence-corrected chi connectivity index (χ0v) is 20.1. The zero-order chi connectivity index (χ0) is 27.9. The molecule has 2 aromatic heterocycles. The van der Waals surface area contributed by atoms with Gasteiger partial charge in [0.2, 0.25) is 0 Å². The summed E-state index contributed by atoms with van der Waals surface area (Å²) in [5.41, 5.74) is 0.838. The molecule has 0 bridgehead atoms. The van der Waals surface area contributed by atoms with Crippen molar-refractivity contribution < 1.29 is 13.2 Å². The highest BCUT2D eigenvalue weighted by atomic mass is 19.4. The molecule has 1 aromatic carbocycles. The molecule has 2 aliphatic carbocycles. The lowest BCUT2D eigenvalue weighted by Gasteiger charge is -2.16. The van der Waals surface area contributed by atoms with E-state index in [0.717, 1.165) is 0 Å². The number of rotatable bonds is 2. The summed E-state index contributed by atoms with van der Waals surface area (Å²) in [5.74, 6) is -0.175. The monoisotopic (exact) mass is 518 g/mol. The fourth-order valence-electron chi connectivity index (χ4n) is 5.36. The maximum Gasteiger partial charge on any atom is 0.523 e. The summed E-state index contributed by atoms with van der Waals surface area (Å²) in [5, 5.41) is 19.5. The Morgan fingerprint density at radius 3 is 1.74 bits per heavy atom. The van der Waals surface area contributed by atoms with Crippen molar-refractivity contribution >= 4 is 11.1 Å². The third-order valence-corrected chi connectivity index (χ3v) is 6.78. The molecule has 0 saturated carbocycles. The predicted octanol–water partition coefficient (Wildman–Crippen LogP) is 3.99. The van der Waals surface area contributed by atoms with Crippen molar-refractivity contribution in [1.29, 1.82) is 10.5 Å². The number of fused-ring (bicyclic) bond motifs is 2. The maximum absolute atomic E-state index is 14.9. The van der Waals surface area contributed by atoms with Crippen LogP contribution in [0.4, 0.5) is 13.2 Å². The molecule has 186 valence electrons. The van der Waals surface area contributed by atoms with Crippen LogP contribution < -0.4 is 10.4 Å². The van der Waals surface area contributed by atoms with E-state index < -0.39 is 22.9 Å². The van der Waals surface area contributed by atoms with Crippen molar-refractivity contribution in [2.24, 2.45) is 0 Å². The molecule has 0 aliphatic heterocycles. The first-order chi connectivity index (χ1) is 18.8. The second kappa shape index (κ2) is 9.34. The molecule has 3 aromatic rings. The highest BCUT2D eigenvalue weighted by Gasteiger charge is 2.44. The lowest BCUT2D eigenvalue weighted by molar-refractivity contribution is -0.0695. The summed E-state index contributed by atoms with van der Waals surface area (Å²) in [6, 6.07) is 3.24. The van der Waals surface area contributed by atoms with Gasteiger partial charge in [0.25, 0.3) is 0 Å². The van der Waals surface area contributed by atoms with Crippen LogP contribution in [-0.4, -0.2) is 26.1 Å². The van der Waals surface area contributed by atoms with Crippen molar-refractivity contribution in [1.82, 2.24) is 19.9 Å². The molecule has 2 aliphatic rings. The Bertz CT molecular complexity index is 1900. The minimum atomic E-state index is -4.92. The third-order valence-electron chi connectivity index (χ3n) is 6.78. The first kappa shape index (κ1) is 25.0. The van der Waals surface area contributed by atoms with Crippen LogP contribution in [0.3, 0.4) is 0 Å². The number of hydrogen-bond acceptors (Lipinski definition) is 6. The first-order valence-electron chi connectivity index (χ1n) is 11.3. The Hall–Kier alpha value is -5.65. The first-order valence-corrected chi connectivity index (χ1v) is 11.3. The average molecular weight is 518 g/mol. The SMILES string of the molecule is [C-]#[N+]C([N+]#[C-])=C1Cc2c(-c3cncnc3)c3c(c(-c4cncnc4)c2=C1C)CC(=C(C#N)C#N)C=3C(F)(F)F. The van der Waals surface area contributed by atoms with Gasteiger partial charge in [-0.05, 0) is 57.2 Å². The molecule has 0 fully saturated rings. The van der Waals surface area contributed by atoms with Crippen molar-refractivity contribution in [2.45, 2.75) is 25.9 Å². The van der Waals surface area contributed by atoms with Crippen LogP contribution in [0.15, 0.2) is 60.0 Å². The summed E-state index contributed by atoms with van der Waals surface area (Å²) in [6.07, 6.45) is 3.02. The summed E-state index contributed by atoms with van der Waals surface area (Å²) in [7, 11) is 0. The second-order valence-corrected chi connectivity index (χ2v) is 8.67. The van der Waals surface area contributed by atoms with Gasteiger partial charge in [-0.15, -0.1) is 0 Å². The summed E-state index contributed by atoms with van der Waals surface area (Å²) in [4.78, 5) is 22.9. The van der Waals surface area contributed by atoms with E-state index >= 15 is 0 Å². The number of hydrogen-bond donors (Lipinski definition) is 0. The van der Waals surface area contributed by atoms with Gasteiger partial charge >= 0.3 is 12.0 Å². The summed E-state index contributed by atoms with van der Waals surface area (Å²) < 4.78 is 44.6. The molecule has 0 radical (unpaired) electrons. The van der Waals surface area contributed by atoms with Gasteiger partial charge in [-0.2, -0.15) is 33.4 Å². The van der Waals surface area contributed by atoms with Crippen molar-refractivity contribution in [3.63, 3.8) is 0 Å². The standard InChI is InChI=1S/C28H13F3N8/c1-14-18(27(34-2)35-3)4-20-22(14)23(16-8-36-12-37-9-16)21-5-19(15(6-32)7-33)26(28(29,30)31)25(21)24(20)17-10-38-13-39-11-17/h8-13H,4-5H2,1H3. The zero-order valence-electron chi connectivity index (χ0n) is 20.1. The maximum atomic E-state index is 14.9. The lowest BCUT2D eigenvalue weighted by atomic mass is 9.88. The highest BCUT2D eigenvalue weighted by molar-refractivity contribution is 5.92. The minimum absolute atomic E-state index is 0.0208. The van der Waals surface area contributed by atoms with Gasteiger partial charge in [0.1, 0.15) is 43.5 Å². The van der Waals surface area contributed by atoms with Crippen molar-refractivity contribution in [3.05, 3.63) is 104 Å². The molecular weight excluding hydrogens is 505 g/mol. The van der Waals surface area contributed by atoms with Crippen molar-refractivity contribution in [2.75, 3.05) is 0 Å². The van der Waals surface area contributed by atoms with E-state index in [1.165, 1.54) is 37.4 Å². The van der Waals surface area contributed by atoms with Crippen LogP contribution in [0.5, 0.6) is 0 Å². The molecule has 8 nitrogen and oxygen atoms in total. The van der Waals surface area contributed by atoms with Crippen LogP contribution in [0.25, 0.3) is 43.1 Å². The van der Waals surface area contributed by atoms with E-state index in [1.807, 2.05) is 0 Å². The topological polar surface area (TPSA) is 108 Å². The van der Waals surface area contributed by atoms with Crippen LogP contribution in [0.1, 0.15) is 18.1 Å². The Balaban J connectivity index is 2.15. The lowest BCUT2D eigenvalue weighted by Crippen LogP contribution is -2.27. The minimum Gasteiger partial charge on any atom is -0.244 e. The summed E-state index contributed by atoms with van der Waals surface area (Å²) in [6.45, 7) is 16.7. The van der Waals surface area contributed by atoms with E-state index in [1.54, 1.807) is 19.1 Å². The molecular formula is C28H13F3N8. The average Bonchev–Trinajstić information content (AvgIpc) is 3.49. The molecule has 39 heavy (non-hydrogen) atoms. The van der Waals surface area contributed by atoms with Gasteiger partial charge in [0, 0.05) is 42.3 Å². The fourth-order valence-corrected chi connectivity index (χ4v) is 5.36. The molecule has 0 N–H and O–H groups in total. The Labute approximate surface area is 219 Å². The van der Waals surface area contributed by atoms with Crippen LogP contribution >= 0.6 is 0 Å². The van der Waals surface area contributed by atoms with E-state index in [0.29, 0.717) is 38.6 Å². The number of halogens is 3. The molecule has 5 rings (SSSR count). The van der Waals surface area contributed by atoms with E-state index in [9.17, 15) is 23.7 Å². The number of aromatic nitrogens is 4. The molecule has 0 spiro atoms. The normalized spacial score (nSPS) is 13.6. The van der Waals surface area contributed by atoms with Crippen LogP contribution in [-0.2, 0) is 12.8 Å². The Kier molecular flexibility index (Phi) is 5.99. The smallest absolute Gasteiger partial charge is 0.244 e. The number of allylic oxidation sites excluding steroid dienone is 3. The number of alkyl halides is 3. The van der Waals surface area contributed by atoms with Gasteiger partial charge in [0.15, 0.2) is 0 Å². The van der Waals surface area contributed by atoms with Crippen LogP contribution in [0, 0.1) is 35.8 Å².